The molecule has 0 atom stereocenters. The molecule has 0 saturated heterocycles. The molecule has 1 aromatic carbocycles. The van der Waals surface area contributed by atoms with Gasteiger partial charge < -0.3 is 5.73 Å². The standard InChI is InChI=1S/C12H15ClFN/c13-9-3-1-4-10(14)11(9)12(7-8-15)5-2-6-12/h1,3-4H,2,5-8,15H2. The number of benzene rings is 1. The van der Waals surface area contributed by atoms with Crippen LogP contribution in [0.25, 0.3) is 0 Å². The Morgan fingerprint density at radius 3 is 2.60 bits per heavy atom. The fourth-order valence-electron chi connectivity index (χ4n) is 2.51. The number of hydrogen-bond donors (Lipinski definition) is 1. The van der Waals surface area contributed by atoms with Crippen molar-refractivity contribution in [1.82, 2.24) is 0 Å². The molecule has 1 saturated carbocycles. The summed E-state index contributed by atoms with van der Waals surface area (Å²) in [5, 5.41) is 0.545. The highest BCUT2D eigenvalue weighted by Crippen LogP contribution is 2.49. The molecule has 2 N–H and O–H groups in total. The lowest BCUT2D eigenvalue weighted by Crippen LogP contribution is -2.37. The molecule has 1 aliphatic rings. The number of nitrogens with two attached hydrogens (primary N) is 1. The van der Waals surface area contributed by atoms with Crippen LogP contribution in [-0.2, 0) is 5.41 Å². The molecule has 3 heteroatoms. The summed E-state index contributed by atoms with van der Waals surface area (Å²) in [4.78, 5) is 0. The van der Waals surface area contributed by atoms with Crippen LogP contribution in [0.4, 0.5) is 4.39 Å². The molecular formula is C12H15ClFN. The number of rotatable bonds is 3. The highest BCUT2D eigenvalue weighted by atomic mass is 35.5. The van der Waals surface area contributed by atoms with E-state index in [1.165, 1.54) is 6.07 Å². The Bertz CT molecular complexity index is 340. The van der Waals surface area contributed by atoms with E-state index in [4.69, 9.17) is 17.3 Å². The molecule has 0 unspecified atom stereocenters. The quantitative estimate of drug-likeness (QED) is 0.843. The predicted molar refractivity (Wildman–Crippen MR) is 60.6 cm³/mol. The van der Waals surface area contributed by atoms with Crippen molar-refractivity contribution in [1.29, 1.82) is 0 Å². The normalized spacial score (nSPS) is 18.6. The summed E-state index contributed by atoms with van der Waals surface area (Å²) >= 11 is 6.08. The molecule has 0 heterocycles. The second-order valence-corrected chi connectivity index (χ2v) is 4.68. The van der Waals surface area contributed by atoms with Gasteiger partial charge in [0.25, 0.3) is 0 Å². The zero-order chi connectivity index (χ0) is 10.9. The Labute approximate surface area is 94.4 Å². The lowest BCUT2D eigenvalue weighted by atomic mass is 9.62. The summed E-state index contributed by atoms with van der Waals surface area (Å²) in [6.45, 7) is 0.588. The van der Waals surface area contributed by atoms with Crippen LogP contribution in [0, 0.1) is 5.82 Å². The van der Waals surface area contributed by atoms with Gasteiger partial charge in [-0.1, -0.05) is 24.1 Å². The van der Waals surface area contributed by atoms with E-state index in [1.54, 1.807) is 12.1 Å². The van der Waals surface area contributed by atoms with Gasteiger partial charge in [0.15, 0.2) is 0 Å². The molecule has 0 aromatic heterocycles. The molecule has 0 radical (unpaired) electrons. The topological polar surface area (TPSA) is 26.0 Å². The van der Waals surface area contributed by atoms with E-state index in [0.29, 0.717) is 17.1 Å². The SMILES string of the molecule is NCCC1(c2c(F)cccc2Cl)CCC1. The predicted octanol–water partition coefficient (Wildman–Crippen LogP) is 3.25. The minimum atomic E-state index is -0.185. The van der Waals surface area contributed by atoms with Crippen LogP contribution in [0.3, 0.4) is 0 Å². The monoisotopic (exact) mass is 227 g/mol. The smallest absolute Gasteiger partial charge is 0.128 e. The second-order valence-electron chi connectivity index (χ2n) is 4.27. The van der Waals surface area contributed by atoms with E-state index in [1.807, 2.05) is 0 Å². The van der Waals surface area contributed by atoms with Crippen molar-refractivity contribution in [2.75, 3.05) is 6.54 Å². The van der Waals surface area contributed by atoms with Crippen LogP contribution < -0.4 is 5.73 Å². The summed E-state index contributed by atoms with van der Waals surface area (Å²) in [7, 11) is 0. The lowest BCUT2D eigenvalue weighted by molar-refractivity contribution is 0.222. The molecule has 2 rings (SSSR count). The van der Waals surface area contributed by atoms with Crippen molar-refractivity contribution < 1.29 is 4.39 Å². The average molecular weight is 228 g/mol. The highest BCUT2D eigenvalue weighted by molar-refractivity contribution is 6.31. The molecule has 1 fully saturated rings. The van der Waals surface area contributed by atoms with Crippen LogP contribution in [0.2, 0.25) is 5.02 Å². The van der Waals surface area contributed by atoms with Gasteiger partial charge >= 0.3 is 0 Å². The first-order valence-corrected chi connectivity index (χ1v) is 5.72. The maximum absolute atomic E-state index is 13.8. The zero-order valence-corrected chi connectivity index (χ0v) is 9.36. The minimum absolute atomic E-state index is 0.0861. The van der Waals surface area contributed by atoms with Gasteiger partial charge in [-0.15, -0.1) is 0 Å². The van der Waals surface area contributed by atoms with Gasteiger partial charge in [-0.3, -0.25) is 0 Å². The van der Waals surface area contributed by atoms with Gasteiger partial charge in [-0.05, 0) is 37.9 Å². The van der Waals surface area contributed by atoms with Crippen molar-refractivity contribution in [3.63, 3.8) is 0 Å². The summed E-state index contributed by atoms with van der Waals surface area (Å²) in [5.41, 5.74) is 6.19. The van der Waals surface area contributed by atoms with Crippen molar-refractivity contribution in [2.24, 2.45) is 5.73 Å². The van der Waals surface area contributed by atoms with Gasteiger partial charge in [0.2, 0.25) is 0 Å². The molecule has 0 spiro atoms. The Morgan fingerprint density at radius 2 is 2.13 bits per heavy atom. The molecule has 15 heavy (non-hydrogen) atoms. The average Bonchev–Trinajstić information content (AvgIpc) is 2.13. The molecule has 0 bridgehead atoms. The zero-order valence-electron chi connectivity index (χ0n) is 8.60. The van der Waals surface area contributed by atoms with Crippen LogP contribution in [0.5, 0.6) is 0 Å². The van der Waals surface area contributed by atoms with Gasteiger partial charge in [0.1, 0.15) is 5.82 Å². The fourth-order valence-corrected chi connectivity index (χ4v) is 2.87. The van der Waals surface area contributed by atoms with E-state index in [9.17, 15) is 4.39 Å². The molecule has 1 nitrogen and oxygen atoms in total. The van der Waals surface area contributed by atoms with E-state index < -0.39 is 0 Å². The van der Waals surface area contributed by atoms with Gasteiger partial charge in [-0.2, -0.15) is 0 Å². The Hall–Kier alpha value is -0.600. The van der Waals surface area contributed by atoms with Gasteiger partial charge in [-0.25, -0.2) is 4.39 Å². The van der Waals surface area contributed by atoms with Crippen LogP contribution in [0.15, 0.2) is 18.2 Å². The molecule has 0 amide bonds. The molecule has 0 aliphatic heterocycles. The van der Waals surface area contributed by atoms with Crippen molar-refractivity contribution in [2.45, 2.75) is 31.1 Å². The summed E-state index contributed by atoms with van der Waals surface area (Å²) < 4.78 is 13.8. The van der Waals surface area contributed by atoms with Crippen LogP contribution >= 0.6 is 11.6 Å². The summed E-state index contributed by atoms with van der Waals surface area (Å²) in [6.07, 6.45) is 3.98. The summed E-state index contributed by atoms with van der Waals surface area (Å²) in [6, 6.07) is 4.89. The van der Waals surface area contributed by atoms with Crippen molar-refractivity contribution >= 4 is 11.6 Å². The third-order valence-electron chi connectivity index (χ3n) is 3.43. The number of hydrogen-bond acceptors (Lipinski definition) is 1. The van der Waals surface area contributed by atoms with E-state index in [0.717, 1.165) is 25.7 Å². The first-order chi connectivity index (χ1) is 7.19. The molecule has 1 aromatic rings. The first-order valence-electron chi connectivity index (χ1n) is 5.34. The molecular weight excluding hydrogens is 213 g/mol. The second kappa shape index (κ2) is 4.11. The van der Waals surface area contributed by atoms with E-state index >= 15 is 0 Å². The Balaban J connectivity index is 2.42. The fraction of sp³-hybridized carbons (Fsp3) is 0.500. The molecule has 1 aliphatic carbocycles. The lowest BCUT2D eigenvalue weighted by Gasteiger charge is -2.43. The maximum Gasteiger partial charge on any atom is 0.128 e. The third-order valence-corrected chi connectivity index (χ3v) is 3.74. The Kier molecular flexibility index (Phi) is 2.98. The minimum Gasteiger partial charge on any atom is -0.330 e. The van der Waals surface area contributed by atoms with Crippen LogP contribution in [-0.4, -0.2) is 6.54 Å². The maximum atomic E-state index is 13.8. The Morgan fingerprint density at radius 1 is 1.40 bits per heavy atom. The van der Waals surface area contributed by atoms with Gasteiger partial charge in [0, 0.05) is 16.0 Å². The van der Waals surface area contributed by atoms with Crippen molar-refractivity contribution in [3.05, 3.63) is 34.6 Å². The molecule has 82 valence electrons. The van der Waals surface area contributed by atoms with E-state index in [-0.39, 0.29) is 11.2 Å². The van der Waals surface area contributed by atoms with Crippen molar-refractivity contribution in [3.8, 4) is 0 Å². The van der Waals surface area contributed by atoms with Gasteiger partial charge in [0.05, 0.1) is 0 Å². The third kappa shape index (κ3) is 1.77. The largest absolute Gasteiger partial charge is 0.330 e. The van der Waals surface area contributed by atoms with E-state index in [2.05, 4.69) is 0 Å². The number of halogens is 2. The first kappa shape index (κ1) is 10.9. The highest BCUT2D eigenvalue weighted by Gasteiger charge is 2.41. The summed E-state index contributed by atoms with van der Waals surface area (Å²) in [5.74, 6) is -0.185. The van der Waals surface area contributed by atoms with Crippen LogP contribution in [0.1, 0.15) is 31.2 Å².